The van der Waals surface area contributed by atoms with Crippen molar-refractivity contribution >= 4 is 11.6 Å². The van der Waals surface area contributed by atoms with E-state index in [1.807, 2.05) is 33.8 Å². The maximum absolute atomic E-state index is 12.1. The normalized spacial score (nSPS) is 10.6. The van der Waals surface area contributed by atoms with E-state index in [9.17, 15) is 9.90 Å². The van der Waals surface area contributed by atoms with Crippen molar-refractivity contribution in [2.45, 2.75) is 34.1 Å². The van der Waals surface area contributed by atoms with Gasteiger partial charge in [-0.15, -0.1) is 0 Å². The number of hydrogen-bond acceptors (Lipinski definition) is 3. The molecule has 5 heteroatoms. The number of hydrogen-bond donors (Lipinski definition) is 3. The summed E-state index contributed by atoms with van der Waals surface area (Å²) < 4.78 is 0. The first-order valence-corrected chi connectivity index (χ1v) is 6.49. The Morgan fingerprint density at radius 2 is 1.95 bits per heavy atom. The van der Waals surface area contributed by atoms with Crippen molar-refractivity contribution in [1.29, 1.82) is 0 Å². The minimum Gasteiger partial charge on any atom is -0.508 e. The Balaban J connectivity index is 2.15. The number of nitrogens with zero attached hydrogens (tertiary/aromatic N) is 1. The van der Waals surface area contributed by atoms with Crippen molar-refractivity contribution in [3.8, 4) is 5.75 Å². The first-order valence-electron chi connectivity index (χ1n) is 6.49. The SMILES string of the molecule is Cc1cc(C)c(NC(=O)Cc2c(C)n[nH]c2C)cc1O. The monoisotopic (exact) mass is 273 g/mol. The molecule has 0 aliphatic heterocycles. The van der Waals surface area contributed by atoms with E-state index in [1.165, 1.54) is 0 Å². The first kappa shape index (κ1) is 14.1. The third-order valence-electron chi connectivity index (χ3n) is 3.44. The molecule has 0 fully saturated rings. The van der Waals surface area contributed by atoms with Crippen LogP contribution in [0, 0.1) is 27.7 Å². The number of aryl methyl sites for hydroxylation is 4. The largest absolute Gasteiger partial charge is 0.508 e. The van der Waals surface area contributed by atoms with Crippen molar-refractivity contribution in [2.24, 2.45) is 0 Å². The third kappa shape index (κ3) is 2.82. The van der Waals surface area contributed by atoms with E-state index in [1.54, 1.807) is 6.07 Å². The average Bonchev–Trinajstić information content (AvgIpc) is 2.68. The molecule has 1 heterocycles. The second kappa shape index (κ2) is 5.36. The molecule has 1 aromatic carbocycles. The van der Waals surface area contributed by atoms with Crippen LogP contribution in [-0.4, -0.2) is 21.2 Å². The van der Waals surface area contributed by atoms with Gasteiger partial charge in [0.1, 0.15) is 5.75 Å². The summed E-state index contributed by atoms with van der Waals surface area (Å²) in [5.74, 6) is 0.0607. The van der Waals surface area contributed by atoms with Gasteiger partial charge in [-0.05, 0) is 38.8 Å². The van der Waals surface area contributed by atoms with E-state index in [4.69, 9.17) is 0 Å². The molecule has 2 aromatic rings. The van der Waals surface area contributed by atoms with Gasteiger partial charge < -0.3 is 10.4 Å². The van der Waals surface area contributed by atoms with Gasteiger partial charge in [-0.3, -0.25) is 9.89 Å². The van der Waals surface area contributed by atoms with Crippen LogP contribution in [0.4, 0.5) is 5.69 Å². The standard InChI is InChI=1S/C15H19N3O2/c1-8-5-9(2)14(19)7-13(8)16-15(20)6-12-10(3)17-18-11(12)4/h5,7,19H,6H2,1-4H3,(H,16,20)(H,17,18). The molecule has 0 unspecified atom stereocenters. The Kier molecular flexibility index (Phi) is 3.79. The Morgan fingerprint density at radius 3 is 2.55 bits per heavy atom. The predicted octanol–water partition coefficient (Wildman–Crippen LogP) is 2.53. The molecule has 0 bridgehead atoms. The maximum atomic E-state index is 12.1. The van der Waals surface area contributed by atoms with E-state index in [2.05, 4.69) is 15.5 Å². The van der Waals surface area contributed by atoms with Crippen molar-refractivity contribution < 1.29 is 9.90 Å². The van der Waals surface area contributed by atoms with Gasteiger partial charge in [-0.2, -0.15) is 5.10 Å². The number of anilines is 1. The summed E-state index contributed by atoms with van der Waals surface area (Å²) in [4.78, 5) is 12.1. The summed E-state index contributed by atoms with van der Waals surface area (Å²) in [5, 5.41) is 19.5. The number of amides is 1. The zero-order valence-electron chi connectivity index (χ0n) is 12.2. The van der Waals surface area contributed by atoms with Crippen molar-refractivity contribution in [1.82, 2.24) is 10.2 Å². The molecule has 1 aromatic heterocycles. The highest BCUT2D eigenvalue weighted by Crippen LogP contribution is 2.25. The molecule has 0 radical (unpaired) electrons. The summed E-state index contributed by atoms with van der Waals surface area (Å²) >= 11 is 0. The van der Waals surface area contributed by atoms with Crippen LogP contribution in [0.5, 0.6) is 5.75 Å². The predicted molar refractivity (Wildman–Crippen MR) is 78.0 cm³/mol. The highest BCUT2D eigenvalue weighted by Gasteiger charge is 2.13. The topological polar surface area (TPSA) is 78.0 Å². The lowest BCUT2D eigenvalue weighted by Crippen LogP contribution is -2.16. The Morgan fingerprint density at radius 1 is 1.25 bits per heavy atom. The first-order chi connectivity index (χ1) is 9.38. The quantitative estimate of drug-likeness (QED) is 0.804. The molecule has 2 rings (SSSR count). The lowest BCUT2D eigenvalue weighted by Gasteiger charge is -2.10. The molecule has 0 atom stereocenters. The van der Waals surface area contributed by atoms with Crippen LogP contribution in [0.25, 0.3) is 0 Å². The van der Waals surface area contributed by atoms with Gasteiger partial charge >= 0.3 is 0 Å². The molecule has 5 nitrogen and oxygen atoms in total. The molecule has 106 valence electrons. The molecule has 1 amide bonds. The lowest BCUT2D eigenvalue weighted by atomic mass is 10.1. The minimum absolute atomic E-state index is 0.121. The number of phenolic OH excluding ortho intramolecular Hbond substituents is 1. The van der Waals surface area contributed by atoms with Gasteiger partial charge in [0, 0.05) is 23.0 Å². The Bertz CT molecular complexity index is 640. The number of H-pyrrole nitrogens is 1. The van der Waals surface area contributed by atoms with Gasteiger partial charge in [0.2, 0.25) is 5.91 Å². The molecule has 0 aliphatic rings. The second-order valence-electron chi connectivity index (χ2n) is 5.09. The van der Waals surface area contributed by atoms with Crippen LogP contribution in [-0.2, 0) is 11.2 Å². The van der Waals surface area contributed by atoms with Crippen LogP contribution in [0.3, 0.4) is 0 Å². The minimum atomic E-state index is -0.121. The fourth-order valence-corrected chi connectivity index (χ4v) is 2.16. The number of rotatable bonds is 3. The Labute approximate surface area is 118 Å². The van der Waals surface area contributed by atoms with Gasteiger partial charge in [0.25, 0.3) is 0 Å². The smallest absolute Gasteiger partial charge is 0.228 e. The number of aromatic nitrogens is 2. The van der Waals surface area contributed by atoms with Gasteiger partial charge in [0.15, 0.2) is 0 Å². The molecule has 0 saturated heterocycles. The molecule has 0 aliphatic carbocycles. The molecule has 3 N–H and O–H groups in total. The van der Waals surface area contributed by atoms with E-state index in [0.29, 0.717) is 5.69 Å². The summed E-state index contributed by atoms with van der Waals surface area (Å²) in [7, 11) is 0. The average molecular weight is 273 g/mol. The number of phenols is 1. The molecule has 0 saturated carbocycles. The van der Waals surface area contributed by atoms with E-state index in [-0.39, 0.29) is 18.1 Å². The van der Waals surface area contributed by atoms with Crippen molar-refractivity contribution in [2.75, 3.05) is 5.32 Å². The van der Waals surface area contributed by atoms with E-state index < -0.39 is 0 Å². The fraction of sp³-hybridized carbons (Fsp3) is 0.333. The maximum Gasteiger partial charge on any atom is 0.228 e. The summed E-state index contributed by atoms with van der Waals surface area (Å²) in [5.41, 5.74) is 5.01. The van der Waals surface area contributed by atoms with E-state index in [0.717, 1.165) is 28.1 Å². The number of carbonyl (C=O) groups is 1. The van der Waals surface area contributed by atoms with Gasteiger partial charge in [-0.25, -0.2) is 0 Å². The number of aromatic amines is 1. The highest BCUT2D eigenvalue weighted by molar-refractivity contribution is 5.93. The van der Waals surface area contributed by atoms with Gasteiger partial charge in [-0.1, -0.05) is 6.07 Å². The lowest BCUT2D eigenvalue weighted by molar-refractivity contribution is -0.115. The summed E-state index contributed by atoms with van der Waals surface area (Å²) in [6.45, 7) is 7.49. The molecule has 0 spiro atoms. The number of carbonyl (C=O) groups excluding carboxylic acids is 1. The third-order valence-corrected chi connectivity index (χ3v) is 3.44. The highest BCUT2D eigenvalue weighted by atomic mass is 16.3. The second-order valence-corrected chi connectivity index (χ2v) is 5.09. The fourth-order valence-electron chi connectivity index (χ4n) is 2.16. The van der Waals surface area contributed by atoms with Gasteiger partial charge in [0.05, 0.1) is 12.1 Å². The van der Waals surface area contributed by atoms with Crippen LogP contribution < -0.4 is 5.32 Å². The van der Waals surface area contributed by atoms with Crippen LogP contribution in [0.1, 0.15) is 28.1 Å². The van der Waals surface area contributed by atoms with Crippen LogP contribution in [0.2, 0.25) is 0 Å². The molecule has 20 heavy (non-hydrogen) atoms. The summed E-state index contributed by atoms with van der Waals surface area (Å²) in [6, 6.07) is 3.43. The van der Waals surface area contributed by atoms with Crippen molar-refractivity contribution in [3.63, 3.8) is 0 Å². The van der Waals surface area contributed by atoms with Crippen LogP contribution in [0.15, 0.2) is 12.1 Å². The zero-order chi connectivity index (χ0) is 14.9. The molecular weight excluding hydrogens is 254 g/mol. The number of benzene rings is 1. The summed E-state index contributed by atoms with van der Waals surface area (Å²) in [6.07, 6.45) is 0.266. The number of aromatic hydroxyl groups is 1. The van der Waals surface area contributed by atoms with Crippen LogP contribution >= 0.6 is 0 Å². The van der Waals surface area contributed by atoms with E-state index >= 15 is 0 Å². The van der Waals surface area contributed by atoms with Crippen molar-refractivity contribution in [3.05, 3.63) is 40.2 Å². The zero-order valence-corrected chi connectivity index (χ0v) is 12.2. The number of nitrogens with one attached hydrogen (secondary N) is 2. The Hall–Kier alpha value is -2.30. The molecular formula is C15H19N3O2.